The molecule has 0 aromatic carbocycles. The summed E-state index contributed by atoms with van der Waals surface area (Å²) in [6.45, 7) is 11.5. The molecule has 1 atom stereocenters. The maximum atomic E-state index is 9.00. The van der Waals surface area contributed by atoms with E-state index in [-0.39, 0.29) is 6.61 Å². The molecule has 0 aromatic rings. The minimum Gasteiger partial charge on any atom is -0.481 e. The summed E-state index contributed by atoms with van der Waals surface area (Å²) in [4.78, 5) is 22.9. The Bertz CT molecular complexity index is 394. The number of hydrogen-bond donors (Lipinski definition) is 4. The predicted octanol–water partition coefficient (Wildman–Crippen LogP) is 0.556. The lowest BCUT2D eigenvalue weighted by atomic mass is 9.78. The summed E-state index contributed by atoms with van der Waals surface area (Å²) < 4.78 is 0. The lowest BCUT2D eigenvalue weighted by Gasteiger charge is -2.35. The third-order valence-corrected chi connectivity index (χ3v) is 4.81. The third-order valence-electron chi connectivity index (χ3n) is 4.81. The van der Waals surface area contributed by atoms with Crippen molar-refractivity contribution in [2.24, 2.45) is 5.41 Å². The quantitative estimate of drug-likeness (QED) is 0.551. The summed E-state index contributed by atoms with van der Waals surface area (Å²) in [6, 6.07) is 0.607. The molecule has 2 fully saturated rings. The van der Waals surface area contributed by atoms with E-state index in [2.05, 4.69) is 29.1 Å². The maximum Gasteiger partial charge on any atom is 0.300 e. The zero-order valence-electron chi connectivity index (χ0n) is 16.7. The largest absolute Gasteiger partial charge is 0.481 e. The van der Waals surface area contributed by atoms with Crippen LogP contribution in [0.3, 0.4) is 0 Å². The number of nitrogens with one attached hydrogen (secondary N) is 1. The Balaban J connectivity index is 0.000000662. The molecule has 26 heavy (non-hydrogen) atoms. The van der Waals surface area contributed by atoms with E-state index in [0.717, 1.165) is 26.9 Å². The lowest BCUT2D eigenvalue weighted by molar-refractivity contribution is -0.135. The monoisotopic (exact) mass is 375 g/mol. The first-order chi connectivity index (χ1) is 12.1. The second-order valence-electron chi connectivity index (χ2n) is 7.34. The molecule has 0 aliphatic carbocycles. The van der Waals surface area contributed by atoms with Crippen LogP contribution in [0.5, 0.6) is 0 Å². The number of nitrogens with zero attached hydrogens (tertiary/aromatic N) is 2. The predicted molar refractivity (Wildman–Crippen MR) is 101 cm³/mol. The van der Waals surface area contributed by atoms with Crippen LogP contribution in [0.4, 0.5) is 0 Å². The van der Waals surface area contributed by atoms with Gasteiger partial charge in [-0.3, -0.25) is 14.5 Å². The van der Waals surface area contributed by atoms with Gasteiger partial charge in [0.2, 0.25) is 0 Å². The number of piperidine rings is 1. The second-order valence-corrected chi connectivity index (χ2v) is 7.34. The van der Waals surface area contributed by atoms with E-state index < -0.39 is 11.9 Å². The summed E-state index contributed by atoms with van der Waals surface area (Å²) >= 11 is 0. The summed E-state index contributed by atoms with van der Waals surface area (Å²) in [5.41, 5.74) is 0.606. The number of likely N-dealkylation sites (tertiary alicyclic amines) is 1. The first-order valence-electron chi connectivity index (χ1n) is 9.25. The van der Waals surface area contributed by atoms with Crippen LogP contribution in [-0.4, -0.2) is 96.0 Å². The topological polar surface area (TPSA) is 113 Å². The van der Waals surface area contributed by atoms with Gasteiger partial charge in [-0.1, -0.05) is 0 Å². The summed E-state index contributed by atoms with van der Waals surface area (Å²) in [5.74, 6) is -1.67. The molecule has 2 heterocycles. The molecule has 0 amide bonds. The average Bonchev–Trinajstić information content (AvgIpc) is 2.91. The Kier molecular flexibility index (Phi) is 12.4. The third kappa shape index (κ3) is 11.4. The Morgan fingerprint density at radius 3 is 2.12 bits per heavy atom. The van der Waals surface area contributed by atoms with Crippen LogP contribution >= 0.6 is 0 Å². The molecule has 0 saturated carbocycles. The van der Waals surface area contributed by atoms with Gasteiger partial charge in [0, 0.05) is 39.5 Å². The molecule has 8 heteroatoms. The fourth-order valence-electron chi connectivity index (χ4n) is 3.54. The number of rotatable bonds is 5. The van der Waals surface area contributed by atoms with Crippen LogP contribution in [0, 0.1) is 5.41 Å². The van der Waals surface area contributed by atoms with Gasteiger partial charge in [-0.25, -0.2) is 0 Å². The molecular formula is C18H37N3O5. The molecule has 2 saturated heterocycles. The van der Waals surface area contributed by atoms with Crippen molar-refractivity contribution < 1.29 is 24.9 Å². The summed E-state index contributed by atoms with van der Waals surface area (Å²) in [7, 11) is 2.10. The van der Waals surface area contributed by atoms with Crippen LogP contribution < -0.4 is 5.32 Å². The van der Waals surface area contributed by atoms with Crippen molar-refractivity contribution in [1.82, 2.24) is 15.1 Å². The van der Waals surface area contributed by atoms with E-state index in [1.807, 2.05) is 0 Å². The number of likely N-dealkylation sites (N-methyl/N-ethyl adjacent to an activating group) is 1. The second kappa shape index (κ2) is 13.0. The van der Waals surface area contributed by atoms with E-state index in [9.17, 15) is 0 Å². The molecule has 154 valence electrons. The van der Waals surface area contributed by atoms with Crippen molar-refractivity contribution in [3.63, 3.8) is 0 Å². The van der Waals surface area contributed by atoms with E-state index in [1.165, 1.54) is 45.4 Å². The highest BCUT2D eigenvalue weighted by molar-refractivity contribution is 5.63. The van der Waals surface area contributed by atoms with E-state index in [4.69, 9.17) is 24.9 Å². The number of carbonyl (C=O) groups is 2. The molecule has 1 unspecified atom stereocenters. The molecule has 8 nitrogen and oxygen atoms in total. The van der Waals surface area contributed by atoms with Gasteiger partial charge < -0.3 is 25.5 Å². The van der Waals surface area contributed by atoms with E-state index in [0.29, 0.717) is 11.5 Å². The van der Waals surface area contributed by atoms with Gasteiger partial charge in [0.05, 0.1) is 6.61 Å². The van der Waals surface area contributed by atoms with Crippen LogP contribution in [-0.2, 0) is 9.59 Å². The van der Waals surface area contributed by atoms with Crippen molar-refractivity contribution in [3.05, 3.63) is 0 Å². The van der Waals surface area contributed by atoms with Gasteiger partial charge in [0.25, 0.3) is 11.9 Å². The number of hydrogen-bond acceptors (Lipinski definition) is 6. The molecular weight excluding hydrogens is 338 g/mol. The zero-order valence-corrected chi connectivity index (χ0v) is 16.7. The minimum absolute atomic E-state index is 0.263. The first kappa shape index (κ1) is 24.8. The van der Waals surface area contributed by atoms with Gasteiger partial charge in [0.15, 0.2) is 0 Å². The van der Waals surface area contributed by atoms with Gasteiger partial charge in [-0.15, -0.1) is 0 Å². The SMILES string of the molecule is CC(=O)O.CC(=O)O.CC(CN(C)CCO)N1CCC2(CCNCC2)C1. The Labute approximate surface area is 157 Å². The Morgan fingerprint density at radius 1 is 1.15 bits per heavy atom. The highest BCUT2D eigenvalue weighted by Gasteiger charge is 2.40. The number of carboxylic acids is 2. The van der Waals surface area contributed by atoms with Crippen LogP contribution in [0.15, 0.2) is 0 Å². The van der Waals surface area contributed by atoms with Crippen molar-refractivity contribution in [1.29, 1.82) is 0 Å². The molecule has 0 radical (unpaired) electrons. The number of aliphatic hydroxyl groups is 1. The molecule has 2 aliphatic heterocycles. The van der Waals surface area contributed by atoms with Gasteiger partial charge in [0.1, 0.15) is 0 Å². The number of aliphatic hydroxyl groups excluding tert-OH is 1. The molecule has 0 bridgehead atoms. The highest BCUT2D eigenvalue weighted by Crippen LogP contribution is 2.39. The Morgan fingerprint density at radius 2 is 1.65 bits per heavy atom. The van der Waals surface area contributed by atoms with Gasteiger partial charge in [-0.2, -0.15) is 0 Å². The minimum atomic E-state index is -0.833. The van der Waals surface area contributed by atoms with Crippen LogP contribution in [0.25, 0.3) is 0 Å². The summed E-state index contributed by atoms with van der Waals surface area (Å²) in [6.07, 6.45) is 4.08. The zero-order chi connectivity index (χ0) is 20.2. The summed E-state index contributed by atoms with van der Waals surface area (Å²) in [5, 5.41) is 27.3. The normalized spacial score (nSPS) is 19.9. The number of carboxylic acid groups (broad SMARTS) is 2. The molecule has 4 N–H and O–H groups in total. The molecule has 0 aromatic heterocycles. The molecule has 1 spiro atoms. The van der Waals surface area contributed by atoms with Crippen LogP contribution in [0.1, 0.15) is 40.0 Å². The van der Waals surface area contributed by atoms with Crippen LogP contribution in [0.2, 0.25) is 0 Å². The fraction of sp³-hybridized carbons (Fsp3) is 0.889. The van der Waals surface area contributed by atoms with Crippen molar-refractivity contribution >= 4 is 11.9 Å². The smallest absolute Gasteiger partial charge is 0.300 e. The molecule has 2 aliphatic rings. The van der Waals surface area contributed by atoms with Crippen molar-refractivity contribution in [2.45, 2.75) is 46.1 Å². The Hall–Kier alpha value is -1.22. The van der Waals surface area contributed by atoms with Crippen molar-refractivity contribution in [2.75, 3.05) is 52.9 Å². The standard InChI is InChI=1S/C14H29N3O.2C2H4O2/c1-13(11-16(2)9-10-18)17-8-5-14(12-17)3-6-15-7-4-14;2*1-2(3)4/h13,15,18H,3-12H2,1-2H3;2*1H3,(H,3,4). The first-order valence-corrected chi connectivity index (χ1v) is 9.25. The highest BCUT2D eigenvalue weighted by atomic mass is 16.4. The fourth-order valence-corrected chi connectivity index (χ4v) is 3.54. The van der Waals surface area contributed by atoms with Gasteiger partial charge >= 0.3 is 0 Å². The maximum absolute atomic E-state index is 9.00. The molecule has 2 rings (SSSR count). The van der Waals surface area contributed by atoms with Gasteiger partial charge in [-0.05, 0) is 58.3 Å². The van der Waals surface area contributed by atoms with E-state index in [1.54, 1.807) is 0 Å². The number of aliphatic carboxylic acids is 2. The lowest BCUT2D eigenvalue weighted by Crippen LogP contribution is -2.43. The van der Waals surface area contributed by atoms with Crippen molar-refractivity contribution in [3.8, 4) is 0 Å². The van der Waals surface area contributed by atoms with E-state index >= 15 is 0 Å². The average molecular weight is 376 g/mol.